The lowest BCUT2D eigenvalue weighted by molar-refractivity contribution is -0.166. The van der Waals surface area contributed by atoms with Crippen LogP contribution in [0.4, 0.5) is 0 Å². The second-order valence-corrected chi connectivity index (χ2v) is 3.96. The van der Waals surface area contributed by atoms with Crippen molar-refractivity contribution in [3.63, 3.8) is 0 Å². The van der Waals surface area contributed by atoms with E-state index < -0.39 is 11.8 Å². The van der Waals surface area contributed by atoms with Crippen LogP contribution in [0.1, 0.15) is 18.9 Å². The molecule has 86 valence electrons. The van der Waals surface area contributed by atoms with Crippen molar-refractivity contribution in [3.8, 4) is 0 Å². The van der Waals surface area contributed by atoms with Crippen molar-refractivity contribution in [3.05, 3.63) is 35.9 Å². The largest absolute Gasteiger partial charge is 0.481 e. The number of benzene rings is 1. The van der Waals surface area contributed by atoms with E-state index in [9.17, 15) is 4.79 Å². The average molecular weight is 222 g/mol. The van der Waals surface area contributed by atoms with E-state index in [-0.39, 0.29) is 12.5 Å². The van der Waals surface area contributed by atoms with Gasteiger partial charge in [0.15, 0.2) is 5.79 Å². The maximum absolute atomic E-state index is 10.6. The Kier molecular flexibility index (Phi) is 2.94. The molecule has 0 amide bonds. The van der Waals surface area contributed by atoms with Crippen molar-refractivity contribution < 1.29 is 19.4 Å². The fraction of sp³-hybridized carbons (Fsp3) is 0.417. The Morgan fingerprint density at radius 1 is 1.50 bits per heavy atom. The Bertz CT molecular complexity index is 376. The van der Waals surface area contributed by atoms with Gasteiger partial charge >= 0.3 is 5.97 Å². The van der Waals surface area contributed by atoms with Crippen LogP contribution in [0.5, 0.6) is 0 Å². The predicted octanol–water partition coefficient (Wildman–Crippen LogP) is 1.75. The summed E-state index contributed by atoms with van der Waals surface area (Å²) in [4.78, 5) is 10.6. The zero-order chi connectivity index (χ0) is 11.6. The number of rotatable bonds is 3. The minimum atomic E-state index is -0.870. The van der Waals surface area contributed by atoms with Gasteiger partial charge in [0.2, 0.25) is 0 Å². The van der Waals surface area contributed by atoms with E-state index in [1.807, 2.05) is 37.3 Å². The summed E-state index contributed by atoms with van der Waals surface area (Å²) in [7, 11) is 0. The third-order valence-corrected chi connectivity index (χ3v) is 2.64. The molecule has 0 saturated carbocycles. The highest BCUT2D eigenvalue weighted by Gasteiger charge is 2.39. The molecule has 1 heterocycles. The van der Waals surface area contributed by atoms with Crippen LogP contribution in [0.15, 0.2) is 30.3 Å². The first kappa shape index (κ1) is 11.1. The zero-order valence-corrected chi connectivity index (χ0v) is 9.05. The first-order chi connectivity index (χ1) is 7.60. The van der Waals surface area contributed by atoms with Crippen LogP contribution in [-0.4, -0.2) is 23.8 Å². The highest BCUT2D eigenvalue weighted by molar-refractivity contribution is 5.67. The van der Waals surface area contributed by atoms with Crippen molar-refractivity contribution >= 4 is 5.97 Å². The molecule has 2 atom stereocenters. The monoisotopic (exact) mass is 222 g/mol. The molecular formula is C12H14O4. The molecule has 16 heavy (non-hydrogen) atoms. The topological polar surface area (TPSA) is 55.8 Å². The van der Waals surface area contributed by atoms with Crippen LogP contribution in [0.2, 0.25) is 0 Å². The van der Waals surface area contributed by atoms with Crippen LogP contribution in [0, 0.1) is 0 Å². The predicted molar refractivity (Wildman–Crippen MR) is 56.9 cm³/mol. The standard InChI is InChI=1S/C12H14O4/c1-12(9-5-3-2-4-6-9)15-8-10(16-12)7-11(13)14/h2-6,10H,7-8H2,1H3,(H,13,14). The van der Waals surface area contributed by atoms with Gasteiger partial charge in [-0.15, -0.1) is 0 Å². The molecule has 0 aromatic heterocycles. The molecular weight excluding hydrogens is 208 g/mol. The van der Waals surface area contributed by atoms with Gasteiger partial charge in [0.05, 0.1) is 19.1 Å². The summed E-state index contributed by atoms with van der Waals surface area (Å²) in [6.07, 6.45) is -0.398. The minimum absolute atomic E-state index is 0.0254. The van der Waals surface area contributed by atoms with Gasteiger partial charge in [0.1, 0.15) is 0 Å². The van der Waals surface area contributed by atoms with Crippen molar-refractivity contribution in [1.29, 1.82) is 0 Å². The Morgan fingerprint density at radius 2 is 2.19 bits per heavy atom. The van der Waals surface area contributed by atoms with Crippen molar-refractivity contribution in [2.45, 2.75) is 25.2 Å². The summed E-state index contributed by atoms with van der Waals surface area (Å²) >= 11 is 0. The van der Waals surface area contributed by atoms with Gasteiger partial charge in [-0.2, -0.15) is 0 Å². The number of carbonyl (C=O) groups is 1. The molecule has 1 aromatic carbocycles. The van der Waals surface area contributed by atoms with Crippen molar-refractivity contribution in [2.24, 2.45) is 0 Å². The number of aliphatic carboxylic acids is 1. The van der Waals surface area contributed by atoms with E-state index in [4.69, 9.17) is 14.6 Å². The Hall–Kier alpha value is -1.39. The molecule has 0 aliphatic carbocycles. The Labute approximate surface area is 93.8 Å². The average Bonchev–Trinajstić information content (AvgIpc) is 2.62. The van der Waals surface area contributed by atoms with E-state index in [1.54, 1.807) is 0 Å². The van der Waals surface area contributed by atoms with Gasteiger partial charge < -0.3 is 14.6 Å². The van der Waals surface area contributed by atoms with Gasteiger partial charge in [-0.1, -0.05) is 30.3 Å². The number of hydrogen-bond acceptors (Lipinski definition) is 3. The molecule has 0 bridgehead atoms. The highest BCUT2D eigenvalue weighted by Crippen LogP contribution is 2.34. The molecule has 1 aromatic rings. The van der Waals surface area contributed by atoms with Gasteiger partial charge in [-0.05, 0) is 6.92 Å². The minimum Gasteiger partial charge on any atom is -0.481 e. The third-order valence-electron chi connectivity index (χ3n) is 2.64. The second-order valence-electron chi connectivity index (χ2n) is 3.96. The molecule has 1 aliphatic rings. The van der Waals surface area contributed by atoms with Gasteiger partial charge in [-0.3, -0.25) is 4.79 Å². The lowest BCUT2D eigenvalue weighted by Gasteiger charge is -2.23. The molecule has 0 spiro atoms. The normalized spacial score (nSPS) is 29.2. The highest BCUT2D eigenvalue weighted by atomic mass is 16.7. The lowest BCUT2D eigenvalue weighted by atomic mass is 10.1. The van der Waals surface area contributed by atoms with E-state index in [0.29, 0.717) is 6.61 Å². The number of carboxylic acids is 1. The number of hydrogen-bond donors (Lipinski definition) is 1. The van der Waals surface area contributed by atoms with Gasteiger partial charge in [0, 0.05) is 5.56 Å². The first-order valence-electron chi connectivity index (χ1n) is 5.19. The molecule has 4 heteroatoms. The number of ether oxygens (including phenoxy) is 2. The summed E-state index contributed by atoms with van der Waals surface area (Å²) in [6.45, 7) is 2.13. The van der Waals surface area contributed by atoms with Crippen LogP contribution in [0.3, 0.4) is 0 Å². The van der Waals surface area contributed by atoms with Crippen LogP contribution in [-0.2, 0) is 20.1 Å². The van der Waals surface area contributed by atoms with E-state index in [2.05, 4.69) is 0 Å². The third kappa shape index (κ3) is 2.23. The summed E-state index contributed by atoms with van der Waals surface area (Å²) in [5, 5.41) is 8.68. The molecule has 1 saturated heterocycles. The van der Waals surface area contributed by atoms with Crippen LogP contribution >= 0.6 is 0 Å². The quantitative estimate of drug-likeness (QED) is 0.846. The van der Waals surface area contributed by atoms with Crippen LogP contribution in [0.25, 0.3) is 0 Å². The molecule has 0 radical (unpaired) electrons. The zero-order valence-electron chi connectivity index (χ0n) is 9.05. The van der Waals surface area contributed by atoms with Crippen LogP contribution < -0.4 is 0 Å². The molecule has 2 rings (SSSR count). The van der Waals surface area contributed by atoms with E-state index in [0.717, 1.165) is 5.56 Å². The van der Waals surface area contributed by atoms with E-state index in [1.165, 1.54) is 0 Å². The SMILES string of the molecule is CC1(c2ccccc2)OCC(CC(=O)O)O1. The smallest absolute Gasteiger partial charge is 0.306 e. The molecule has 4 nitrogen and oxygen atoms in total. The van der Waals surface area contributed by atoms with E-state index >= 15 is 0 Å². The maximum Gasteiger partial charge on any atom is 0.306 e. The fourth-order valence-electron chi connectivity index (χ4n) is 1.83. The fourth-order valence-corrected chi connectivity index (χ4v) is 1.83. The second kappa shape index (κ2) is 4.23. The summed E-state index contributed by atoms with van der Waals surface area (Å²) < 4.78 is 11.2. The Balaban J connectivity index is 2.09. The van der Waals surface area contributed by atoms with Crippen molar-refractivity contribution in [2.75, 3.05) is 6.61 Å². The first-order valence-corrected chi connectivity index (χ1v) is 5.19. The molecule has 1 N–H and O–H groups in total. The maximum atomic E-state index is 10.6. The molecule has 2 unspecified atom stereocenters. The summed E-state index contributed by atoms with van der Waals surface area (Å²) in [5.41, 5.74) is 0.905. The summed E-state index contributed by atoms with van der Waals surface area (Å²) in [6, 6.07) is 9.53. The lowest BCUT2D eigenvalue weighted by Crippen LogP contribution is -2.24. The molecule has 1 aliphatic heterocycles. The number of carboxylic acid groups (broad SMARTS) is 1. The summed E-state index contributed by atoms with van der Waals surface area (Å²) in [5.74, 6) is -1.69. The molecule has 1 fully saturated rings. The van der Waals surface area contributed by atoms with Gasteiger partial charge in [-0.25, -0.2) is 0 Å². The van der Waals surface area contributed by atoms with Crippen molar-refractivity contribution in [1.82, 2.24) is 0 Å². The van der Waals surface area contributed by atoms with Gasteiger partial charge in [0.25, 0.3) is 0 Å². The Morgan fingerprint density at radius 3 is 2.81 bits per heavy atom.